The van der Waals surface area contributed by atoms with Crippen LogP contribution in [0.4, 0.5) is 13.2 Å². The van der Waals surface area contributed by atoms with E-state index in [-0.39, 0.29) is 16.4 Å². The van der Waals surface area contributed by atoms with Crippen LogP contribution in [0.1, 0.15) is 15.9 Å². The van der Waals surface area contributed by atoms with E-state index < -0.39 is 17.7 Å². The zero-order valence-electron chi connectivity index (χ0n) is 14.2. The summed E-state index contributed by atoms with van der Waals surface area (Å²) in [5, 5.41) is 8.97. The lowest BCUT2D eigenvalue weighted by Crippen LogP contribution is -2.07. The van der Waals surface area contributed by atoms with Crippen molar-refractivity contribution in [3.05, 3.63) is 58.7 Å². The molecule has 0 N–H and O–H groups in total. The molecule has 0 fully saturated rings. The van der Waals surface area contributed by atoms with E-state index in [1.807, 2.05) is 0 Å². The Hall–Kier alpha value is -3.20. The first kappa shape index (κ1) is 18.2. The quantitative estimate of drug-likeness (QED) is 0.364. The Bertz CT molecular complexity index is 1240. The molecule has 0 spiro atoms. The number of hydrogen-bond acceptors (Lipinski definition) is 5. The van der Waals surface area contributed by atoms with Gasteiger partial charge in [0.1, 0.15) is 16.2 Å². The van der Waals surface area contributed by atoms with Crippen LogP contribution < -0.4 is 0 Å². The predicted octanol–water partition coefficient (Wildman–Crippen LogP) is 4.43. The van der Waals surface area contributed by atoms with Crippen LogP contribution in [0.15, 0.2) is 42.5 Å². The molecule has 0 unspecified atom stereocenters. The van der Waals surface area contributed by atoms with E-state index in [9.17, 15) is 18.0 Å². The minimum absolute atomic E-state index is 0.0949. The predicted molar refractivity (Wildman–Crippen MR) is 95.5 cm³/mol. The summed E-state index contributed by atoms with van der Waals surface area (Å²) in [7, 11) is 1.22. The summed E-state index contributed by atoms with van der Waals surface area (Å²) in [5.74, 6) is -0.643. The summed E-state index contributed by atoms with van der Waals surface area (Å²) in [6.07, 6.45) is -4.49. The number of benzene rings is 2. The van der Waals surface area contributed by atoms with Gasteiger partial charge in [-0.05, 0) is 36.4 Å². The number of pyridine rings is 1. The van der Waals surface area contributed by atoms with E-state index in [1.54, 1.807) is 12.1 Å². The number of rotatable bonds is 2. The van der Waals surface area contributed by atoms with E-state index >= 15 is 0 Å². The summed E-state index contributed by atoms with van der Waals surface area (Å²) in [6.45, 7) is 0. The molecule has 0 aliphatic heterocycles. The molecule has 0 aliphatic rings. The second-order valence-corrected chi connectivity index (χ2v) is 6.24. The van der Waals surface area contributed by atoms with Crippen molar-refractivity contribution in [2.75, 3.05) is 7.11 Å². The van der Waals surface area contributed by atoms with Crippen molar-refractivity contribution in [1.29, 1.82) is 0 Å². The highest BCUT2D eigenvalue weighted by Gasteiger charge is 2.30. The van der Waals surface area contributed by atoms with Gasteiger partial charge in [-0.25, -0.2) is 9.78 Å². The molecule has 28 heavy (non-hydrogen) atoms. The Balaban J connectivity index is 1.97. The molecule has 142 valence electrons. The van der Waals surface area contributed by atoms with Gasteiger partial charge in [-0.15, -0.1) is 10.2 Å². The van der Waals surface area contributed by atoms with Crippen LogP contribution in [0.3, 0.4) is 0 Å². The maximum absolute atomic E-state index is 13.0. The van der Waals surface area contributed by atoms with Crippen LogP contribution in [0.5, 0.6) is 0 Å². The maximum atomic E-state index is 13.0. The van der Waals surface area contributed by atoms with Gasteiger partial charge in [0.25, 0.3) is 0 Å². The van der Waals surface area contributed by atoms with Crippen LogP contribution in [0.2, 0.25) is 5.15 Å². The lowest BCUT2D eigenvalue weighted by atomic mass is 10.1. The average Bonchev–Trinajstić information content (AvgIpc) is 3.10. The van der Waals surface area contributed by atoms with E-state index in [0.29, 0.717) is 21.9 Å². The lowest BCUT2D eigenvalue weighted by Gasteiger charge is -2.07. The van der Waals surface area contributed by atoms with Gasteiger partial charge >= 0.3 is 12.1 Å². The topological polar surface area (TPSA) is 69.9 Å². The third-order valence-corrected chi connectivity index (χ3v) is 4.30. The molecule has 0 atom stereocenters. The molecule has 0 saturated carbocycles. The Morgan fingerprint density at radius 2 is 1.86 bits per heavy atom. The number of esters is 1. The van der Waals surface area contributed by atoms with Crippen molar-refractivity contribution in [1.82, 2.24) is 20.0 Å². The molecule has 0 amide bonds. The number of carbonyl (C=O) groups is 1. The van der Waals surface area contributed by atoms with Crippen LogP contribution in [0, 0.1) is 0 Å². The summed E-state index contributed by atoms with van der Waals surface area (Å²) >= 11 is 5.97. The molecule has 6 nitrogen and oxygen atoms in total. The van der Waals surface area contributed by atoms with E-state index in [4.69, 9.17) is 16.3 Å². The minimum atomic E-state index is -4.49. The molecule has 10 heteroatoms. The average molecular weight is 407 g/mol. The van der Waals surface area contributed by atoms with Crippen LogP contribution in [0.25, 0.3) is 27.6 Å². The minimum Gasteiger partial charge on any atom is -0.465 e. The van der Waals surface area contributed by atoms with E-state index in [1.165, 1.54) is 25.3 Å². The Kier molecular flexibility index (Phi) is 4.19. The fraction of sp³-hybridized carbons (Fsp3) is 0.111. The third-order valence-electron chi connectivity index (χ3n) is 4.10. The molecule has 2 heterocycles. The van der Waals surface area contributed by atoms with Crippen LogP contribution in [-0.4, -0.2) is 33.1 Å². The normalized spacial score (nSPS) is 11.9. The summed E-state index contributed by atoms with van der Waals surface area (Å²) in [4.78, 5) is 17.4. The molecule has 0 bridgehead atoms. The summed E-state index contributed by atoms with van der Waals surface area (Å²) in [5.41, 5.74) is 0.495. The van der Waals surface area contributed by atoms with Gasteiger partial charge in [-0.1, -0.05) is 17.7 Å². The SMILES string of the molecule is COC(=O)c1cc(Cl)nc2ccc3nn(-c4cccc(C(F)(F)F)c4)nc3c12. The van der Waals surface area contributed by atoms with Gasteiger partial charge in [0, 0.05) is 5.39 Å². The number of fused-ring (bicyclic) bond motifs is 3. The fourth-order valence-electron chi connectivity index (χ4n) is 2.86. The smallest absolute Gasteiger partial charge is 0.416 e. The zero-order chi connectivity index (χ0) is 20.1. The highest BCUT2D eigenvalue weighted by Crippen LogP contribution is 2.31. The lowest BCUT2D eigenvalue weighted by molar-refractivity contribution is -0.137. The molecule has 2 aromatic carbocycles. The van der Waals surface area contributed by atoms with Gasteiger partial charge in [-0.3, -0.25) is 0 Å². The molecule has 0 saturated heterocycles. The number of hydrogen-bond donors (Lipinski definition) is 0. The Morgan fingerprint density at radius 3 is 2.57 bits per heavy atom. The Labute approximate surface area is 160 Å². The number of aromatic nitrogens is 4. The summed E-state index contributed by atoms with van der Waals surface area (Å²) in [6, 6.07) is 9.16. The molecule has 2 aromatic heterocycles. The number of alkyl halides is 3. The van der Waals surface area contributed by atoms with E-state index in [2.05, 4.69) is 15.2 Å². The third kappa shape index (κ3) is 3.03. The van der Waals surface area contributed by atoms with Crippen LogP contribution >= 0.6 is 11.6 Å². The fourth-order valence-corrected chi connectivity index (χ4v) is 3.06. The van der Waals surface area contributed by atoms with Crippen molar-refractivity contribution in [3.8, 4) is 5.69 Å². The first-order chi connectivity index (χ1) is 13.3. The van der Waals surface area contributed by atoms with Gasteiger partial charge in [-0.2, -0.15) is 18.0 Å². The number of halogens is 4. The van der Waals surface area contributed by atoms with E-state index in [0.717, 1.165) is 16.9 Å². The second-order valence-electron chi connectivity index (χ2n) is 5.85. The van der Waals surface area contributed by atoms with Crippen molar-refractivity contribution in [2.24, 2.45) is 0 Å². The van der Waals surface area contributed by atoms with Gasteiger partial charge in [0.15, 0.2) is 0 Å². The van der Waals surface area contributed by atoms with Crippen LogP contribution in [-0.2, 0) is 10.9 Å². The van der Waals surface area contributed by atoms with Gasteiger partial charge < -0.3 is 4.74 Å². The standard InChI is InChI=1S/C18H10ClF3N4O2/c1-28-17(27)11-8-14(19)23-12-5-6-13-16(15(11)12)25-26(24-13)10-4-2-3-9(7-10)18(20,21)22/h2-8H,1H3. The van der Waals surface area contributed by atoms with Crippen molar-refractivity contribution in [2.45, 2.75) is 6.18 Å². The largest absolute Gasteiger partial charge is 0.465 e. The van der Waals surface area contributed by atoms with Gasteiger partial charge in [0.05, 0.1) is 29.4 Å². The number of nitrogens with zero attached hydrogens (tertiary/aromatic N) is 4. The number of carbonyl (C=O) groups excluding carboxylic acids is 1. The molecule has 0 radical (unpaired) electrons. The second kappa shape index (κ2) is 6.45. The first-order valence-corrected chi connectivity index (χ1v) is 8.28. The van der Waals surface area contributed by atoms with Crippen molar-refractivity contribution in [3.63, 3.8) is 0 Å². The molecule has 0 aliphatic carbocycles. The number of methoxy groups -OCH3 is 1. The highest BCUT2D eigenvalue weighted by atomic mass is 35.5. The molecule has 4 aromatic rings. The highest BCUT2D eigenvalue weighted by molar-refractivity contribution is 6.31. The van der Waals surface area contributed by atoms with Crippen molar-refractivity contribution >= 4 is 39.5 Å². The Morgan fingerprint density at radius 1 is 1.11 bits per heavy atom. The van der Waals surface area contributed by atoms with Gasteiger partial charge in [0.2, 0.25) is 0 Å². The maximum Gasteiger partial charge on any atom is 0.416 e. The molecular weight excluding hydrogens is 397 g/mol. The molecular formula is C18H10ClF3N4O2. The zero-order valence-corrected chi connectivity index (χ0v) is 14.9. The first-order valence-electron chi connectivity index (χ1n) is 7.90. The monoisotopic (exact) mass is 406 g/mol. The summed E-state index contributed by atoms with van der Waals surface area (Å²) < 4.78 is 43.8. The number of ether oxygens (including phenoxy) is 1. The molecule has 4 rings (SSSR count). The van der Waals surface area contributed by atoms with Crippen molar-refractivity contribution < 1.29 is 22.7 Å².